The van der Waals surface area contributed by atoms with E-state index in [1.807, 2.05) is 30.3 Å². The first kappa shape index (κ1) is 10.4. The SMILES string of the molecule is O=C(O)C1CCC(c2cc3ccccc3o2)C1. The summed E-state index contributed by atoms with van der Waals surface area (Å²) in [6.07, 6.45) is 2.38. The highest BCUT2D eigenvalue weighted by atomic mass is 16.4. The van der Waals surface area contributed by atoms with E-state index in [1.54, 1.807) is 0 Å². The van der Waals surface area contributed by atoms with Crippen LogP contribution in [-0.2, 0) is 4.79 Å². The molecule has 2 atom stereocenters. The first-order chi connectivity index (χ1) is 8.24. The lowest BCUT2D eigenvalue weighted by molar-refractivity contribution is -0.141. The molecule has 1 aliphatic carbocycles. The van der Waals surface area contributed by atoms with Crippen molar-refractivity contribution in [2.75, 3.05) is 0 Å². The molecule has 1 aromatic carbocycles. The van der Waals surface area contributed by atoms with E-state index in [2.05, 4.69) is 0 Å². The van der Waals surface area contributed by atoms with E-state index in [4.69, 9.17) is 9.52 Å². The van der Waals surface area contributed by atoms with Crippen LogP contribution in [-0.4, -0.2) is 11.1 Å². The molecular weight excluding hydrogens is 216 g/mol. The van der Waals surface area contributed by atoms with Crippen molar-refractivity contribution in [2.45, 2.75) is 25.2 Å². The van der Waals surface area contributed by atoms with Crippen molar-refractivity contribution in [2.24, 2.45) is 5.92 Å². The quantitative estimate of drug-likeness (QED) is 0.860. The Morgan fingerprint density at radius 3 is 2.82 bits per heavy atom. The number of carboxylic acids is 1. The zero-order valence-corrected chi connectivity index (χ0v) is 9.43. The minimum absolute atomic E-state index is 0.201. The van der Waals surface area contributed by atoms with Crippen molar-refractivity contribution in [3.05, 3.63) is 36.1 Å². The van der Waals surface area contributed by atoms with Gasteiger partial charge in [0.2, 0.25) is 0 Å². The van der Waals surface area contributed by atoms with Gasteiger partial charge in [0.05, 0.1) is 5.92 Å². The molecule has 88 valence electrons. The third-order valence-electron chi connectivity index (χ3n) is 3.63. The topological polar surface area (TPSA) is 50.4 Å². The van der Waals surface area contributed by atoms with E-state index < -0.39 is 5.97 Å². The van der Waals surface area contributed by atoms with Gasteiger partial charge in [0.15, 0.2) is 0 Å². The number of hydrogen-bond donors (Lipinski definition) is 1. The van der Waals surface area contributed by atoms with Gasteiger partial charge in [0.25, 0.3) is 0 Å². The third-order valence-corrected chi connectivity index (χ3v) is 3.63. The van der Waals surface area contributed by atoms with Crippen LogP contribution in [0.25, 0.3) is 11.0 Å². The molecule has 0 amide bonds. The molecule has 1 heterocycles. The first-order valence-corrected chi connectivity index (χ1v) is 5.95. The van der Waals surface area contributed by atoms with Crippen molar-refractivity contribution in [3.63, 3.8) is 0 Å². The Balaban J connectivity index is 1.87. The summed E-state index contributed by atoms with van der Waals surface area (Å²) in [5.74, 6) is 0.329. The fourth-order valence-corrected chi connectivity index (χ4v) is 2.67. The molecule has 17 heavy (non-hydrogen) atoms. The van der Waals surface area contributed by atoms with Gasteiger partial charge in [-0.25, -0.2) is 0 Å². The summed E-state index contributed by atoms with van der Waals surface area (Å²) < 4.78 is 5.79. The zero-order valence-electron chi connectivity index (χ0n) is 9.43. The Bertz CT molecular complexity index is 522. The third kappa shape index (κ3) is 1.82. The van der Waals surface area contributed by atoms with Crippen LogP contribution in [0.1, 0.15) is 30.9 Å². The highest BCUT2D eigenvalue weighted by Gasteiger charge is 2.32. The van der Waals surface area contributed by atoms with Gasteiger partial charge in [-0.1, -0.05) is 18.2 Å². The molecule has 1 fully saturated rings. The van der Waals surface area contributed by atoms with Crippen LogP contribution in [0.2, 0.25) is 0 Å². The second-order valence-corrected chi connectivity index (χ2v) is 4.73. The van der Waals surface area contributed by atoms with Crippen LogP contribution in [0.4, 0.5) is 0 Å². The van der Waals surface area contributed by atoms with Crippen LogP contribution in [0, 0.1) is 5.92 Å². The van der Waals surface area contributed by atoms with Gasteiger partial charge in [-0.3, -0.25) is 4.79 Å². The number of aliphatic carboxylic acids is 1. The molecule has 0 bridgehead atoms. The highest BCUT2D eigenvalue weighted by Crippen LogP contribution is 2.40. The molecule has 1 aliphatic rings. The summed E-state index contributed by atoms with van der Waals surface area (Å²) >= 11 is 0. The number of hydrogen-bond acceptors (Lipinski definition) is 2. The number of carboxylic acid groups (broad SMARTS) is 1. The van der Waals surface area contributed by atoms with Crippen molar-refractivity contribution in [1.82, 2.24) is 0 Å². The Labute approximate surface area is 99.0 Å². The molecule has 2 aromatic rings. The lowest BCUT2D eigenvalue weighted by Gasteiger charge is -2.04. The molecule has 0 radical (unpaired) electrons. The number of benzene rings is 1. The molecule has 0 spiro atoms. The maximum atomic E-state index is 10.9. The van der Waals surface area contributed by atoms with Gasteiger partial charge < -0.3 is 9.52 Å². The predicted octanol–water partition coefficient (Wildman–Crippen LogP) is 3.40. The molecule has 0 aliphatic heterocycles. The summed E-state index contributed by atoms with van der Waals surface area (Å²) in [6.45, 7) is 0. The first-order valence-electron chi connectivity index (χ1n) is 5.95. The van der Waals surface area contributed by atoms with E-state index >= 15 is 0 Å². The van der Waals surface area contributed by atoms with Gasteiger partial charge >= 0.3 is 5.97 Å². The van der Waals surface area contributed by atoms with Crippen molar-refractivity contribution >= 4 is 16.9 Å². The number of rotatable bonds is 2. The monoisotopic (exact) mass is 230 g/mol. The number of fused-ring (bicyclic) bond motifs is 1. The summed E-state index contributed by atoms with van der Waals surface area (Å²) in [4.78, 5) is 10.9. The lowest BCUT2D eigenvalue weighted by Crippen LogP contribution is -2.09. The Hall–Kier alpha value is -1.77. The average molecular weight is 230 g/mol. The predicted molar refractivity (Wildman–Crippen MR) is 63.9 cm³/mol. The van der Waals surface area contributed by atoms with Crippen LogP contribution in [0.3, 0.4) is 0 Å². The van der Waals surface area contributed by atoms with Crippen LogP contribution in [0.15, 0.2) is 34.7 Å². The molecule has 0 saturated heterocycles. The van der Waals surface area contributed by atoms with Gasteiger partial charge in [0, 0.05) is 11.3 Å². The molecular formula is C14H14O3. The van der Waals surface area contributed by atoms with Crippen molar-refractivity contribution in [1.29, 1.82) is 0 Å². The van der Waals surface area contributed by atoms with E-state index in [1.165, 1.54) is 0 Å². The average Bonchev–Trinajstić information content (AvgIpc) is 2.95. The smallest absolute Gasteiger partial charge is 0.306 e. The maximum Gasteiger partial charge on any atom is 0.306 e. The zero-order chi connectivity index (χ0) is 11.8. The lowest BCUT2D eigenvalue weighted by atomic mass is 10.0. The molecule has 3 heteroatoms. The summed E-state index contributed by atoms with van der Waals surface area (Å²) in [6, 6.07) is 9.94. The normalized spacial score (nSPS) is 24.2. The summed E-state index contributed by atoms with van der Waals surface area (Å²) in [5.41, 5.74) is 0.890. The highest BCUT2D eigenvalue weighted by molar-refractivity contribution is 5.78. The minimum Gasteiger partial charge on any atom is -0.481 e. The van der Waals surface area contributed by atoms with Gasteiger partial charge in [-0.15, -0.1) is 0 Å². The maximum absolute atomic E-state index is 10.9. The van der Waals surface area contributed by atoms with Crippen LogP contribution >= 0.6 is 0 Å². The van der Waals surface area contributed by atoms with Gasteiger partial charge in [0.1, 0.15) is 11.3 Å². The van der Waals surface area contributed by atoms with E-state index in [0.717, 1.165) is 29.6 Å². The number of para-hydroxylation sites is 1. The summed E-state index contributed by atoms with van der Waals surface area (Å²) in [5, 5.41) is 10.1. The van der Waals surface area contributed by atoms with E-state index in [-0.39, 0.29) is 11.8 Å². The van der Waals surface area contributed by atoms with Crippen molar-refractivity contribution < 1.29 is 14.3 Å². The Morgan fingerprint density at radius 1 is 1.29 bits per heavy atom. The fourth-order valence-electron chi connectivity index (χ4n) is 2.67. The van der Waals surface area contributed by atoms with Crippen LogP contribution < -0.4 is 0 Å². The number of carbonyl (C=O) groups is 1. The molecule has 2 unspecified atom stereocenters. The van der Waals surface area contributed by atoms with Gasteiger partial charge in [-0.05, 0) is 31.4 Å². The minimum atomic E-state index is -0.677. The van der Waals surface area contributed by atoms with Crippen molar-refractivity contribution in [3.8, 4) is 0 Å². The standard InChI is InChI=1S/C14H14O3/c15-14(16)11-6-5-10(7-11)13-8-9-3-1-2-4-12(9)17-13/h1-4,8,10-11H,5-7H2,(H,15,16). The molecule has 3 nitrogen and oxygen atoms in total. The van der Waals surface area contributed by atoms with E-state index in [0.29, 0.717) is 6.42 Å². The molecule has 1 saturated carbocycles. The molecule has 3 rings (SSSR count). The molecule has 1 N–H and O–H groups in total. The number of furan rings is 1. The largest absolute Gasteiger partial charge is 0.481 e. The molecule has 1 aromatic heterocycles. The Morgan fingerprint density at radius 2 is 2.12 bits per heavy atom. The summed E-state index contributed by atoms with van der Waals surface area (Å²) in [7, 11) is 0. The van der Waals surface area contributed by atoms with E-state index in [9.17, 15) is 4.79 Å². The second-order valence-electron chi connectivity index (χ2n) is 4.73. The van der Waals surface area contributed by atoms with Gasteiger partial charge in [-0.2, -0.15) is 0 Å². The fraction of sp³-hybridized carbons (Fsp3) is 0.357. The second kappa shape index (κ2) is 3.91. The Kier molecular flexibility index (Phi) is 2.39. The van der Waals surface area contributed by atoms with Crippen LogP contribution in [0.5, 0.6) is 0 Å².